The molecule has 0 saturated heterocycles. The van der Waals surface area contributed by atoms with E-state index in [-0.39, 0.29) is 18.2 Å². The molecule has 0 aliphatic heterocycles. The van der Waals surface area contributed by atoms with Gasteiger partial charge in [0.05, 0.1) is 42.8 Å². The number of nitrogens with zero attached hydrogens (tertiary/aromatic N) is 3. The molecule has 1 aromatic heterocycles. The maximum absolute atomic E-state index is 13.1. The Bertz CT molecular complexity index is 1530. The Balaban J connectivity index is 1.45. The third-order valence-corrected chi connectivity index (χ3v) is 6.36. The molecule has 10 nitrogen and oxygen atoms in total. The summed E-state index contributed by atoms with van der Waals surface area (Å²) in [6.07, 6.45) is 0. The molecule has 0 fully saturated rings. The molecule has 0 spiro atoms. The van der Waals surface area contributed by atoms with Gasteiger partial charge in [0.25, 0.3) is 11.6 Å². The van der Waals surface area contributed by atoms with Gasteiger partial charge in [-0.3, -0.25) is 19.6 Å². The zero-order valence-corrected chi connectivity index (χ0v) is 22.5. The number of anilines is 1. The normalized spacial score (nSPS) is 10.7. The fraction of sp³-hybridized carbons (Fsp3) is 0.241. The molecule has 0 saturated carbocycles. The molecule has 1 amide bonds. The number of amides is 1. The Morgan fingerprint density at radius 1 is 0.974 bits per heavy atom. The van der Waals surface area contributed by atoms with E-state index in [1.807, 2.05) is 42.8 Å². The third kappa shape index (κ3) is 6.18. The molecule has 1 heterocycles. The van der Waals surface area contributed by atoms with E-state index >= 15 is 0 Å². The largest absolute Gasteiger partial charge is 0.493 e. The minimum Gasteiger partial charge on any atom is -0.493 e. The van der Waals surface area contributed by atoms with Crippen LogP contribution >= 0.6 is 0 Å². The predicted molar refractivity (Wildman–Crippen MR) is 147 cm³/mol. The first kappa shape index (κ1) is 27.2. The van der Waals surface area contributed by atoms with Crippen molar-refractivity contribution < 1.29 is 23.9 Å². The van der Waals surface area contributed by atoms with Gasteiger partial charge in [-0.1, -0.05) is 18.2 Å². The molecule has 39 heavy (non-hydrogen) atoms. The van der Waals surface area contributed by atoms with Crippen molar-refractivity contribution in [2.45, 2.75) is 33.9 Å². The molecule has 1 N–H and O–H groups in total. The van der Waals surface area contributed by atoms with Gasteiger partial charge in [-0.25, -0.2) is 0 Å². The number of benzene rings is 3. The third-order valence-electron chi connectivity index (χ3n) is 6.36. The second-order valence-electron chi connectivity index (χ2n) is 9.04. The van der Waals surface area contributed by atoms with Crippen molar-refractivity contribution in [3.8, 4) is 17.2 Å². The van der Waals surface area contributed by atoms with E-state index in [0.717, 1.165) is 16.8 Å². The summed E-state index contributed by atoms with van der Waals surface area (Å²) in [5.74, 6) is 1.54. The fourth-order valence-corrected chi connectivity index (χ4v) is 4.26. The van der Waals surface area contributed by atoms with Crippen LogP contribution in [0.25, 0.3) is 0 Å². The van der Waals surface area contributed by atoms with E-state index in [2.05, 4.69) is 10.4 Å². The number of nitro benzene ring substituents is 1. The van der Waals surface area contributed by atoms with Crippen LogP contribution in [0.15, 0.2) is 60.7 Å². The van der Waals surface area contributed by atoms with Crippen LogP contribution in [0, 0.1) is 30.9 Å². The van der Waals surface area contributed by atoms with Crippen LogP contribution in [0.2, 0.25) is 0 Å². The number of nitro groups is 1. The summed E-state index contributed by atoms with van der Waals surface area (Å²) in [4.78, 5) is 23.7. The number of rotatable bonds is 10. The second kappa shape index (κ2) is 11.7. The number of aryl methyl sites for hydroxylation is 2. The molecule has 0 atom stereocenters. The summed E-state index contributed by atoms with van der Waals surface area (Å²) in [5.41, 5.74) is 4.98. The van der Waals surface area contributed by atoms with Crippen LogP contribution in [0.4, 0.5) is 11.4 Å². The van der Waals surface area contributed by atoms with E-state index in [1.165, 1.54) is 6.07 Å². The summed E-state index contributed by atoms with van der Waals surface area (Å²) >= 11 is 0. The summed E-state index contributed by atoms with van der Waals surface area (Å²) in [6.45, 7) is 6.13. The Labute approximate surface area is 226 Å². The lowest BCUT2D eigenvalue weighted by Crippen LogP contribution is -2.14. The summed E-state index contributed by atoms with van der Waals surface area (Å²) in [5, 5.41) is 18.6. The maximum Gasteiger partial charge on any atom is 0.272 e. The van der Waals surface area contributed by atoms with E-state index in [1.54, 1.807) is 51.5 Å². The lowest BCUT2D eigenvalue weighted by molar-refractivity contribution is -0.385. The fourth-order valence-electron chi connectivity index (χ4n) is 4.26. The average Bonchev–Trinajstić information content (AvgIpc) is 3.18. The predicted octanol–water partition coefficient (Wildman–Crippen LogP) is 5.61. The van der Waals surface area contributed by atoms with Crippen molar-refractivity contribution in [3.05, 3.63) is 104 Å². The summed E-state index contributed by atoms with van der Waals surface area (Å²) < 4.78 is 18.4. The zero-order valence-electron chi connectivity index (χ0n) is 22.5. The number of aromatic nitrogens is 2. The van der Waals surface area contributed by atoms with Crippen LogP contribution < -0.4 is 19.5 Å². The quantitative estimate of drug-likeness (QED) is 0.209. The van der Waals surface area contributed by atoms with Crippen molar-refractivity contribution in [3.63, 3.8) is 0 Å². The Kier molecular flexibility index (Phi) is 8.14. The van der Waals surface area contributed by atoms with Gasteiger partial charge in [-0.05, 0) is 68.3 Å². The van der Waals surface area contributed by atoms with E-state index in [0.29, 0.717) is 46.3 Å². The van der Waals surface area contributed by atoms with Crippen LogP contribution in [-0.2, 0) is 13.2 Å². The molecule has 0 unspecified atom stereocenters. The van der Waals surface area contributed by atoms with Gasteiger partial charge in [-0.2, -0.15) is 5.10 Å². The zero-order chi connectivity index (χ0) is 28.1. The molecular formula is C29H30N4O6. The van der Waals surface area contributed by atoms with E-state index in [4.69, 9.17) is 14.2 Å². The van der Waals surface area contributed by atoms with Gasteiger partial charge >= 0.3 is 0 Å². The first-order chi connectivity index (χ1) is 18.7. The molecule has 10 heteroatoms. The number of carbonyl (C=O) groups is 1. The van der Waals surface area contributed by atoms with Gasteiger partial charge in [0.2, 0.25) is 0 Å². The molecular weight excluding hydrogens is 500 g/mol. The highest BCUT2D eigenvalue weighted by molar-refractivity contribution is 6.05. The number of methoxy groups -OCH3 is 2. The molecule has 0 aliphatic carbocycles. The van der Waals surface area contributed by atoms with Gasteiger partial charge in [0.15, 0.2) is 11.5 Å². The summed E-state index contributed by atoms with van der Waals surface area (Å²) in [6, 6.07) is 17.4. The summed E-state index contributed by atoms with van der Waals surface area (Å²) in [7, 11) is 3.19. The first-order valence-corrected chi connectivity index (χ1v) is 12.2. The lowest BCUT2D eigenvalue weighted by atomic mass is 10.1. The number of ether oxygens (including phenoxy) is 3. The molecule has 4 aromatic rings. The standard InChI is InChI=1S/C29H30N4O6/c1-18-13-24(10-11-25(18)33(35)36)39-17-22-7-6-8-23(14-22)29(34)30-28-19(2)31-32(20(28)3)16-21-9-12-26(37-4)27(15-21)38-5/h6-15H,16-17H2,1-5H3,(H,30,34). The van der Waals surface area contributed by atoms with Crippen molar-refractivity contribution in [1.29, 1.82) is 0 Å². The second-order valence-corrected chi connectivity index (χ2v) is 9.04. The molecule has 4 rings (SSSR count). The molecule has 202 valence electrons. The first-order valence-electron chi connectivity index (χ1n) is 12.2. The Hall–Kier alpha value is -4.86. The SMILES string of the molecule is COc1ccc(Cn2nc(C)c(NC(=O)c3cccc(COc4ccc([N+](=O)[O-])c(C)c4)c3)c2C)cc1OC. The molecule has 0 aliphatic rings. The average molecular weight is 531 g/mol. The highest BCUT2D eigenvalue weighted by atomic mass is 16.6. The van der Waals surface area contributed by atoms with Crippen molar-refractivity contribution in [2.24, 2.45) is 0 Å². The number of carbonyl (C=O) groups excluding carboxylic acids is 1. The van der Waals surface area contributed by atoms with E-state index in [9.17, 15) is 14.9 Å². The Morgan fingerprint density at radius 2 is 1.74 bits per heavy atom. The van der Waals surface area contributed by atoms with Crippen molar-refractivity contribution >= 4 is 17.3 Å². The van der Waals surface area contributed by atoms with Gasteiger partial charge < -0.3 is 19.5 Å². The molecule has 3 aromatic carbocycles. The number of hydrogen-bond acceptors (Lipinski definition) is 7. The number of hydrogen-bond donors (Lipinski definition) is 1. The maximum atomic E-state index is 13.1. The highest BCUT2D eigenvalue weighted by Gasteiger charge is 2.17. The monoisotopic (exact) mass is 530 g/mol. The minimum atomic E-state index is -0.426. The van der Waals surface area contributed by atoms with Gasteiger partial charge in [0.1, 0.15) is 12.4 Å². The lowest BCUT2D eigenvalue weighted by Gasteiger charge is -2.11. The number of nitrogens with one attached hydrogen (secondary N) is 1. The van der Waals surface area contributed by atoms with Gasteiger partial charge in [-0.15, -0.1) is 0 Å². The minimum absolute atomic E-state index is 0.0404. The van der Waals surface area contributed by atoms with Gasteiger partial charge in [0, 0.05) is 17.2 Å². The van der Waals surface area contributed by atoms with Crippen LogP contribution in [0.1, 0.15) is 38.4 Å². The highest BCUT2D eigenvalue weighted by Crippen LogP contribution is 2.29. The smallest absolute Gasteiger partial charge is 0.272 e. The van der Waals surface area contributed by atoms with Crippen LogP contribution in [-0.4, -0.2) is 34.8 Å². The molecule has 0 bridgehead atoms. The topological polar surface area (TPSA) is 118 Å². The van der Waals surface area contributed by atoms with Crippen molar-refractivity contribution in [2.75, 3.05) is 19.5 Å². The Morgan fingerprint density at radius 3 is 2.44 bits per heavy atom. The van der Waals surface area contributed by atoms with Crippen LogP contribution in [0.5, 0.6) is 17.2 Å². The van der Waals surface area contributed by atoms with Crippen molar-refractivity contribution in [1.82, 2.24) is 9.78 Å². The molecule has 0 radical (unpaired) electrons. The van der Waals surface area contributed by atoms with Crippen LogP contribution in [0.3, 0.4) is 0 Å². The van der Waals surface area contributed by atoms with E-state index < -0.39 is 4.92 Å².